The summed E-state index contributed by atoms with van der Waals surface area (Å²) in [5, 5.41) is 13.2. The van der Waals surface area contributed by atoms with Crippen LogP contribution in [0.2, 0.25) is 0 Å². The highest BCUT2D eigenvalue weighted by Crippen LogP contribution is 2.16. The van der Waals surface area contributed by atoms with E-state index in [2.05, 4.69) is 75.5 Å². The molecule has 6 N–H and O–H groups in total. The topological polar surface area (TPSA) is 172 Å². The summed E-state index contributed by atoms with van der Waals surface area (Å²) >= 11 is 0. The van der Waals surface area contributed by atoms with Crippen LogP contribution in [0, 0.1) is 0 Å². The van der Waals surface area contributed by atoms with Gasteiger partial charge in [0, 0.05) is 137 Å². The second-order valence-electron chi connectivity index (χ2n) is 27.1. The predicted molar refractivity (Wildman–Crippen MR) is 386 cm³/mol. The summed E-state index contributed by atoms with van der Waals surface area (Å²) in [5.41, 5.74) is 5.60. The van der Waals surface area contributed by atoms with Gasteiger partial charge >= 0.3 is 0 Å². The number of unbranched alkanes of at least 4 members (excludes halogenated alkanes) is 40. The molecular weight excluding hydrogens is 1120 g/mol. The first-order chi connectivity index (χ1) is 44.1. The van der Waals surface area contributed by atoms with E-state index in [1.165, 1.54) is 238 Å². The van der Waals surface area contributed by atoms with Gasteiger partial charge in [0.1, 0.15) is 0 Å². The first-order valence-electron chi connectivity index (χ1n) is 39.3. The number of nitrogens with zero attached hydrogens (tertiary/aromatic N) is 4. The molecule has 5 amide bonds. The van der Waals surface area contributed by atoms with Crippen LogP contribution in [0.15, 0.2) is 0 Å². The molecule has 0 aliphatic heterocycles. The molecular formula is C76H153N9O5. The van der Waals surface area contributed by atoms with Crippen molar-refractivity contribution in [2.75, 3.05) is 105 Å². The van der Waals surface area contributed by atoms with Crippen LogP contribution in [0.1, 0.15) is 356 Å². The van der Waals surface area contributed by atoms with Crippen molar-refractivity contribution < 1.29 is 24.0 Å². The van der Waals surface area contributed by atoms with Crippen LogP contribution in [-0.4, -0.2) is 154 Å². The Kier molecular flexibility index (Phi) is 68.3. The molecule has 0 heterocycles. The number of nitrogens with two attached hydrogens (primary N) is 1. The zero-order valence-electron chi connectivity index (χ0n) is 60.6. The molecule has 0 aliphatic carbocycles. The smallest absolute Gasteiger partial charge is 0.223 e. The Morgan fingerprint density at radius 2 is 0.478 bits per heavy atom. The van der Waals surface area contributed by atoms with E-state index in [1.807, 2.05) is 0 Å². The number of hydrogen-bond acceptors (Lipinski definition) is 9. The Bertz CT molecular complexity index is 1550. The van der Waals surface area contributed by atoms with E-state index in [9.17, 15) is 24.0 Å². The molecule has 0 spiro atoms. The Morgan fingerprint density at radius 3 is 0.767 bits per heavy atom. The zero-order chi connectivity index (χ0) is 65.7. The third-order valence-corrected chi connectivity index (χ3v) is 18.4. The first kappa shape index (κ1) is 87.2. The monoisotopic (exact) mass is 1270 g/mol. The lowest BCUT2D eigenvalue weighted by atomic mass is 10.1. The maximum atomic E-state index is 14.4. The van der Waals surface area contributed by atoms with Crippen LogP contribution in [-0.2, 0) is 24.0 Å². The molecule has 0 radical (unpaired) electrons. The van der Waals surface area contributed by atoms with Gasteiger partial charge in [-0.05, 0) is 32.1 Å². The lowest BCUT2D eigenvalue weighted by Gasteiger charge is -2.29. The fraction of sp³-hybridized carbons (Fsp3) is 0.934. The van der Waals surface area contributed by atoms with Gasteiger partial charge in [0.15, 0.2) is 0 Å². The van der Waals surface area contributed by atoms with E-state index in [0.29, 0.717) is 111 Å². The maximum Gasteiger partial charge on any atom is 0.223 e. The minimum atomic E-state index is -0.343. The van der Waals surface area contributed by atoms with E-state index in [4.69, 9.17) is 5.73 Å². The van der Waals surface area contributed by atoms with Crippen LogP contribution < -0.4 is 27.0 Å². The SMILES string of the molecule is CCCCCCCCCCCNC(=O)CCN(CCNCCN(CCC(=O)NCCCCCCCCCCC)CCN(CCC(=O)NCCCCCCCCCCC)CCC(=O)N(CCCCCCCCCCC)CCCCCCCCCCC)CCC(N)=O. The van der Waals surface area contributed by atoms with Crippen molar-refractivity contribution in [1.29, 1.82) is 0 Å². The Hall–Kier alpha value is -2.81. The molecule has 0 saturated heterocycles. The molecule has 532 valence electrons. The molecule has 0 rings (SSSR count). The molecule has 0 unspecified atom stereocenters. The number of amides is 5. The third-order valence-electron chi connectivity index (χ3n) is 18.4. The summed E-state index contributed by atoms with van der Waals surface area (Å²) < 4.78 is 0. The van der Waals surface area contributed by atoms with Crippen molar-refractivity contribution in [2.45, 2.75) is 356 Å². The van der Waals surface area contributed by atoms with Crippen molar-refractivity contribution in [1.82, 2.24) is 40.9 Å². The van der Waals surface area contributed by atoms with Gasteiger partial charge in [-0.1, -0.05) is 291 Å². The van der Waals surface area contributed by atoms with Crippen molar-refractivity contribution >= 4 is 29.5 Å². The zero-order valence-corrected chi connectivity index (χ0v) is 60.6. The van der Waals surface area contributed by atoms with Crippen molar-refractivity contribution in [3.8, 4) is 0 Å². The normalized spacial score (nSPS) is 11.6. The number of primary amides is 1. The molecule has 0 fully saturated rings. The van der Waals surface area contributed by atoms with Gasteiger partial charge in [-0.2, -0.15) is 0 Å². The summed E-state index contributed by atoms with van der Waals surface area (Å²) in [6.45, 7) is 22.2. The summed E-state index contributed by atoms with van der Waals surface area (Å²) in [6, 6.07) is 0. The summed E-state index contributed by atoms with van der Waals surface area (Å²) in [7, 11) is 0. The van der Waals surface area contributed by atoms with Gasteiger partial charge in [0.25, 0.3) is 0 Å². The minimum absolute atomic E-state index is 0.0491. The second kappa shape index (κ2) is 70.5. The molecule has 0 bridgehead atoms. The second-order valence-corrected chi connectivity index (χ2v) is 27.1. The largest absolute Gasteiger partial charge is 0.370 e. The van der Waals surface area contributed by atoms with Gasteiger partial charge in [0.05, 0.1) is 0 Å². The van der Waals surface area contributed by atoms with Crippen LogP contribution in [0.25, 0.3) is 0 Å². The molecule has 14 heteroatoms. The third kappa shape index (κ3) is 63.9. The summed E-state index contributed by atoms with van der Waals surface area (Å²) in [6.07, 6.45) is 58.2. The molecule has 0 aromatic heterocycles. The highest BCUT2D eigenvalue weighted by atomic mass is 16.2. The molecule has 14 nitrogen and oxygen atoms in total. The number of rotatable bonds is 74. The van der Waals surface area contributed by atoms with Gasteiger partial charge < -0.3 is 46.6 Å². The number of hydrogen-bond donors (Lipinski definition) is 5. The molecule has 0 atom stereocenters. The van der Waals surface area contributed by atoms with Gasteiger partial charge in [-0.3, -0.25) is 24.0 Å². The van der Waals surface area contributed by atoms with E-state index in [0.717, 1.165) is 71.0 Å². The van der Waals surface area contributed by atoms with Crippen molar-refractivity contribution in [2.24, 2.45) is 5.73 Å². The molecule has 0 saturated carbocycles. The maximum absolute atomic E-state index is 14.4. The van der Waals surface area contributed by atoms with Gasteiger partial charge in [-0.25, -0.2) is 0 Å². The molecule has 90 heavy (non-hydrogen) atoms. The van der Waals surface area contributed by atoms with Crippen molar-refractivity contribution in [3.63, 3.8) is 0 Å². The molecule has 0 aliphatic rings. The van der Waals surface area contributed by atoms with Crippen LogP contribution in [0.3, 0.4) is 0 Å². The van der Waals surface area contributed by atoms with E-state index in [-0.39, 0.29) is 36.0 Å². The van der Waals surface area contributed by atoms with Crippen LogP contribution in [0.4, 0.5) is 0 Å². The van der Waals surface area contributed by atoms with E-state index < -0.39 is 0 Å². The molecule has 0 aromatic rings. The van der Waals surface area contributed by atoms with Crippen LogP contribution >= 0.6 is 0 Å². The predicted octanol–water partition coefficient (Wildman–Crippen LogP) is 16.7. The van der Waals surface area contributed by atoms with Crippen molar-refractivity contribution in [3.05, 3.63) is 0 Å². The van der Waals surface area contributed by atoms with E-state index in [1.54, 1.807) is 0 Å². The lowest BCUT2D eigenvalue weighted by Crippen LogP contribution is -2.43. The molecule has 0 aromatic carbocycles. The van der Waals surface area contributed by atoms with Crippen LogP contribution in [0.5, 0.6) is 0 Å². The Morgan fingerprint density at radius 1 is 0.244 bits per heavy atom. The number of nitrogens with one attached hydrogen (secondary N) is 4. The standard InChI is InChI=1S/C76H153N9O5/c1-6-11-16-21-26-31-36-41-46-56-79-73(87)52-64-82(63-51-72(77)86)68-59-78-60-69-84(66-54-75(89)81-58-48-43-38-33-28-23-18-13-8-3)71-70-83(65-53-74(88)80-57-47-42-37-32-27-22-17-12-7-2)67-55-76(90)85(61-49-44-39-34-29-24-19-14-9-4)62-50-45-40-35-30-25-20-15-10-5/h78H,6-71H2,1-5H3,(H2,77,86)(H,79,87)(H,80,88)(H,81,89). The van der Waals surface area contributed by atoms with Gasteiger partial charge in [0.2, 0.25) is 29.5 Å². The quantitative estimate of drug-likeness (QED) is 0.0372. The lowest BCUT2D eigenvalue weighted by molar-refractivity contribution is -0.132. The average Bonchev–Trinajstić information content (AvgIpc) is 3.72. The Labute approximate surface area is 557 Å². The van der Waals surface area contributed by atoms with Gasteiger partial charge in [-0.15, -0.1) is 0 Å². The average molecular weight is 1270 g/mol. The summed E-state index contributed by atoms with van der Waals surface area (Å²) in [4.78, 5) is 75.1. The highest BCUT2D eigenvalue weighted by molar-refractivity contribution is 5.77. The minimum Gasteiger partial charge on any atom is -0.370 e. The highest BCUT2D eigenvalue weighted by Gasteiger charge is 2.19. The van der Waals surface area contributed by atoms with E-state index >= 15 is 0 Å². The fourth-order valence-corrected chi connectivity index (χ4v) is 12.2. The number of carbonyl (C=O) groups is 5. The number of carbonyl (C=O) groups excluding carboxylic acids is 5. The Balaban J connectivity index is 6.05. The fourth-order valence-electron chi connectivity index (χ4n) is 12.2. The first-order valence-corrected chi connectivity index (χ1v) is 39.3. The summed E-state index contributed by atoms with van der Waals surface area (Å²) in [5.74, 6) is 0.100.